The number of nitrogens with zero attached hydrogens (tertiary/aromatic N) is 2. The number of aryl methyl sites for hydroxylation is 1. The summed E-state index contributed by atoms with van der Waals surface area (Å²) in [5.74, 6) is -0.368. The molecular weight excluding hydrogens is 283 g/mol. The van der Waals surface area contributed by atoms with Gasteiger partial charge in [0.15, 0.2) is 0 Å². The Morgan fingerprint density at radius 2 is 2.05 bits per heavy atom. The summed E-state index contributed by atoms with van der Waals surface area (Å²) in [6.45, 7) is -0.133. The van der Waals surface area contributed by atoms with Crippen LogP contribution in [0.25, 0.3) is 10.9 Å². The third-order valence-electron chi connectivity index (χ3n) is 3.68. The van der Waals surface area contributed by atoms with Crippen LogP contribution in [0.5, 0.6) is 0 Å². The van der Waals surface area contributed by atoms with Gasteiger partial charge >= 0.3 is 10.2 Å². The van der Waals surface area contributed by atoms with Crippen molar-refractivity contribution in [1.29, 1.82) is 0 Å². The first kappa shape index (κ1) is 13.1. The average Bonchev–Trinajstić information content (AvgIpc) is 2.93. The smallest absolute Gasteiger partial charge is 0.307 e. The molecule has 2 aromatic rings. The summed E-state index contributed by atoms with van der Waals surface area (Å²) in [4.78, 5) is 13.3. The molecule has 1 aromatic heterocycles. The molecule has 2 heterocycles. The highest BCUT2D eigenvalue weighted by Crippen LogP contribution is 2.32. The Hall–Kier alpha value is -1.89. The van der Waals surface area contributed by atoms with E-state index < -0.39 is 15.5 Å². The van der Waals surface area contributed by atoms with Crippen LogP contribution in [0.3, 0.4) is 0 Å². The lowest BCUT2D eigenvalue weighted by Gasteiger charge is -2.17. The van der Waals surface area contributed by atoms with E-state index in [0.717, 1.165) is 10.9 Å². The first-order valence-electron chi connectivity index (χ1n) is 6.16. The van der Waals surface area contributed by atoms with E-state index in [-0.39, 0.29) is 18.9 Å². The van der Waals surface area contributed by atoms with Gasteiger partial charge in [0, 0.05) is 37.1 Å². The molecule has 1 aliphatic heterocycles. The molecule has 1 aromatic carbocycles. The quantitative estimate of drug-likeness (QED) is 0.791. The molecule has 20 heavy (non-hydrogen) atoms. The number of halogens is 1. The highest BCUT2D eigenvalue weighted by Gasteiger charge is 2.39. The van der Waals surface area contributed by atoms with Gasteiger partial charge < -0.3 is 9.47 Å². The minimum absolute atomic E-state index is 0.133. The Kier molecular flexibility index (Phi) is 2.82. The molecule has 7 heteroatoms. The summed E-state index contributed by atoms with van der Waals surface area (Å²) >= 11 is 0. The van der Waals surface area contributed by atoms with Crippen LogP contribution in [-0.2, 0) is 22.1 Å². The van der Waals surface area contributed by atoms with Gasteiger partial charge in [-0.25, -0.2) is 0 Å². The van der Waals surface area contributed by atoms with Gasteiger partial charge in [-0.1, -0.05) is 6.07 Å². The van der Waals surface area contributed by atoms with Crippen molar-refractivity contribution in [3.63, 3.8) is 0 Å². The molecule has 1 unspecified atom stereocenters. The van der Waals surface area contributed by atoms with E-state index in [2.05, 4.69) is 0 Å². The zero-order chi connectivity index (χ0) is 14.5. The lowest BCUT2D eigenvalue weighted by molar-refractivity contribution is -0.117. The Morgan fingerprint density at radius 1 is 1.30 bits per heavy atom. The zero-order valence-corrected chi connectivity index (χ0v) is 11.6. The number of carbonyl (C=O) groups excluding carboxylic acids is 1. The first-order chi connectivity index (χ1) is 9.38. The molecule has 1 amide bonds. The molecule has 0 aliphatic carbocycles. The van der Waals surface area contributed by atoms with E-state index in [1.54, 1.807) is 12.1 Å². The number of benzene rings is 1. The number of fused-ring (bicyclic) bond motifs is 1. The van der Waals surface area contributed by atoms with Gasteiger partial charge in [-0.05, 0) is 18.2 Å². The lowest BCUT2D eigenvalue weighted by atomic mass is 10.2. The van der Waals surface area contributed by atoms with Crippen molar-refractivity contribution in [1.82, 2.24) is 4.57 Å². The van der Waals surface area contributed by atoms with Crippen molar-refractivity contribution in [3.05, 3.63) is 30.5 Å². The lowest BCUT2D eigenvalue weighted by Crippen LogP contribution is -2.27. The predicted octanol–water partition coefficient (Wildman–Crippen LogP) is 1.58. The zero-order valence-electron chi connectivity index (χ0n) is 10.8. The summed E-state index contributed by atoms with van der Waals surface area (Å²) in [6, 6.07) is 7.30. The summed E-state index contributed by atoms with van der Waals surface area (Å²) in [6.07, 6.45) is 1.56. The Labute approximate surface area is 115 Å². The summed E-state index contributed by atoms with van der Waals surface area (Å²) in [7, 11) is -2.81. The van der Waals surface area contributed by atoms with Gasteiger partial charge in [0.05, 0.1) is 5.69 Å². The minimum Gasteiger partial charge on any atom is -0.350 e. The number of amides is 1. The van der Waals surface area contributed by atoms with Crippen LogP contribution in [0.15, 0.2) is 30.5 Å². The summed E-state index contributed by atoms with van der Waals surface area (Å²) < 4.78 is 36.9. The van der Waals surface area contributed by atoms with Gasteiger partial charge in [0.25, 0.3) is 0 Å². The van der Waals surface area contributed by atoms with Crippen LogP contribution >= 0.6 is 0 Å². The molecule has 0 N–H and O–H groups in total. The maximum atomic E-state index is 13.1. The predicted molar refractivity (Wildman–Crippen MR) is 73.7 cm³/mol. The van der Waals surface area contributed by atoms with Crippen LogP contribution in [-0.4, -0.2) is 30.7 Å². The van der Waals surface area contributed by atoms with Crippen LogP contribution in [0, 0.1) is 0 Å². The SMILES string of the molecule is Cn1ccc2c(N3CC(S(=O)(=O)F)CC3=O)cccc21. The van der Waals surface area contributed by atoms with Crippen LogP contribution in [0.1, 0.15) is 6.42 Å². The summed E-state index contributed by atoms with van der Waals surface area (Å²) in [5.41, 5.74) is 1.56. The van der Waals surface area contributed by atoms with E-state index in [4.69, 9.17) is 0 Å². The summed E-state index contributed by atoms with van der Waals surface area (Å²) in [5, 5.41) is -0.422. The molecule has 5 nitrogen and oxygen atoms in total. The van der Waals surface area contributed by atoms with Crippen molar-refractivity contribution in [3.8, 4) is 0 Å². The first-order valence-corrected chi connectivity index (χ1v) is 7.60. The van der Waals surface area contributed by atoms with E-state index in [1.807, 2.05) is 29.9 Å². The number of hydrogen-bond donors (Lipinski definition) is 0. The molecule has 0 saturated carbocycles. The number of hydrogen-bond acceptors (Lipinski definition) is 3. The second-order valence-electron chi connectivity index (χ2n) is 4.94. The highest BCUT2D eigenvalue weighted by atomic mass is 32.3. The Bertz CT molecular complexity index is 797. The molecule has 106 valence electrons. The molecule has 0 bridgehead atoms. The molecule has 1 aliphatic rings. The van der Waals surface area contributed by atoms with E-state index in [9.17, 15) is 17.1 Å². The van der Waals surface area contributed by atoms with Crippen LogP contribution in [0.4, 0.5) is 9.57 Å². The average molecular weight is 296 g/mol. The van der Waals surface area contributed by atoms with Gasteiger partial charge in [-0.2, -0.15) is 8.42 Å². The van der Waals surface area contributed by atoms with Gasteiger partial charge in [0.2, 0.25) is 5.91 Å². The van der Waals surface area contributed by atoms with Crippen LogP contribution in [0.2, 0.25) is 0 Å². The monoisotopic (exact) mass is 296 g/mol. The molecular formula is C13H13FN2O3S. The minimum atomic E-state index is -4.69. The van der Waals surface area contributed by atoms with Gasteiger partial charge in [-0.15, -0.1) is 3.89 Å². The molecule has 3 rings (SSSR count). The second-order valence-corrected chi connectivity index (χ2v) is 6.56. The van der Waals surface area contributed by atoms with Crippen molar-refractivity contribution in [2.75, 3.05) is 11.4 Å². The van der Waals surface area contributed by atoms with E-state index in [0.29, 0.717) is 5.69 Å². The van der Waals surface area contributed by atoms with Gasteiger partial charge in [-0.3, -0.25) is 4.79 Å². The maximum Gasteiger partial charge on any atom is 0.307 e. The molecule has 1 fully saturated rings. The van der Waals surface area contributed by atoms with Crippen molar-refractivity contribution < 1.29 is 17.1 Å². The maximum absolute atomic E-state index is 13.1. The number of aromatic nitrogens is 1. The van der Waals surface area contributed by atoms with Crippen molar-refractivity contribution in [2.45, 2.75) is 11.7 Å². The molecule has 0 spiro atoms. The number of anilines is 1. The fourth-order valence-corrected chi connectivity index (χ4v) is 3.29. The Morgan fingerprint density at radius 3 is 2.70 bits per heavy atom. The van der Waals surface area contributed by atoms with Gasteiger partial charge in [0.1, 0.15) is 5.25 Å². The fourth-order valence-electron chi connectivity index (χ4n) is 2.62. The topological polar surface area (TPSA) is 59.4 Å². The third-order valence-corrected chi connectivity index (χ3v) is 4.80. The van der Waals surface area contributed by atoms with Crippen molar-refractivity contribution >= 4 is 32.7 Å². The molecule has 0 radical (unpaired) electrons. The Balaban J connectivity index is 2.06. The second kappa shape index (κ2) is 4.31. The van der Waals surface area contributed by atoms with Crippen LogP contribution < -0.4 is 4.90 Å². The number of rotatable bonds is 2. The van der Waals surface area contributed by atoms with Crippen molar-refractivity contribution in [2.24, 2.45) is 7.05 Å². The standard InChI is InChI=1S/C13H13FN2O3S/c1-15-6-5-10-11(15)3-2-4-12(10)16-8-9(7-13(16)17)20(14,18)19/h2-6,9H,7-8H2,1H3. The normalized spacial score (nSPS) is 20.0. The van der Waals surface area contributed by atoms with E-state index >= 15 is 0 Å². The number of carbonyl (C=O) groups is 1. The van der Waals surface area contributed by atoms with E-state index in [1.165, 1.54) is 4.90 Å². The fraction of sp³-hybridized carbons (Fsp3) is 0.308. The molecule has 1 saturated heterocycles. The largest absolute Gasteiger partial charge is 0.350 e. The highest BCUT2D eigenvalue weighted by molar-refractivity contribution is 7.87. The third kappa shape index (κ3) is 1.98. The molecule has 1 atom stereocenters.